The Kier molecular flexibility index (Phi) is 2.56. The van der Waals surface area contributed by atoms with E-state index in [0.717, 1.165) is 48.5 Å². The van der Waals surface area contributed by atoms with E-state index in [1.165, 1.54) is 0 Å². The molecule has 86 valence electrons. The number of benzene rings is 1. The number of halogens is 1. The van der Waals surface area contributed by atoms with E-state index >= 15 is 0 Å². The molecule has 0 aliphatic carbocycles. The van der Waals surface area contributed by atoms with E-state index in [0.29, 0.717) is 0 Å². The van der Waals surface area contributed by atoms with Crippen LogP contribution in [0.1, 0.15) is 12.8 Å². The Morgan fingerprint density at radius 1 is 1.25 bits per heavy atom. The van der Waals surface area contributed by atoms with Gasteiger partial charge in [0, 0.05) is 17.3 Å². The fourth-order valence-corrected chi connectivity index (χ4v) is 2.61. The lowest BCUT2D eigenvalue weighted by Crippen LogP contribution is -2.49. The molecule has 1 saturated heterocycles. The van der Waals surface area contributed by atoms with E-state index in [-0.39, 0.29) is 5.60 Å². The Balaban J connectivity index is 1.89. The van der Waals surface area contributed by atoms with E-state index in [1.807, 2.05) is 18.2 Å². The molecule has 0 atom stereocenters. The van der Waals surface area contributed by atoms with E-state index in [2.05, 4.69) is 21.2 Å². The standard InChI is InChI=1S/C12H14BrNO2/c13-9-1-2-10-11(7-9)16-12(8-14-10)3-5-15-6-4-12/h1-2,7,14H,3-6,8H2. The van der Waals surface area contributed by atoms with Crippen LogP contribution in [0, 0.1) is 0 Å². The normalized spacial score (nSPS) is 22.1. The fourth-order valence-electron chi connectivity index (χ4n) is 2.27. The number of fused-ring (bicyclic) bond motifs is 1. The van der Waals surface area contributed by atoms with Crippen molar-refractivity contribution in [3.05, 3.63) is 22.7 Å². The van der Waals surface area contributed by atoms with Gasteiger partial charge in [0.25, 0.3) is 0 Å². The van der Waals surface area contributed by atoms with Crippen molar-refractivity contribution in [3.63, 3.8) is 0 Å². The summed E-state index contributed by atoms with van der Waals surface area (Å²) in [5.41, 5.74) is 1.02. The SMILES string of the molecule is Brc1ccc2c(c1)OC1(CCOCC1)CN2. The van der Waals surface area contributed by atoms with Crippen LogP contribution in [0.2, 0.25) is 0 Å². The van der Waals surface area contributed by atoms with Crippen molar-refractivity contribution in [3.8, 4) is 5.75 Å². The van der Waals surface area contributed by atoms with Crippen molar-refractivity contribution in [1.29, 1.82) is 0 Å². The molecule has 2 heterocycles. The minimum Gasteiger partial charge on any atom is -0.483 e. The van der Waals surface area contributed by atoms with Gasteiger partial charge in [0.05, 0.1) is 25.4 Å². The van der Waals surface area contributed by atoms with E-state index < -0.39 is 0 Å². The van der Waals surface area contributed by atoms with Crippen molar-refractivity contribution in [2.45, 2.75) is 18.4 Å². The third-order valence-corrected chi connectivity index (χ3v) is 3.77. The fraction of sp³-hybridized carbons (Fsp3) is 0.500. The first kappa shape index (κ1) is 10.4. The minimum atomic E-state index is -0.0634. The quantitative estimate of drug-likeness (QED) is 0.794. The van der Waals surface area contributed by atoms with Crippen LogP contribution in [-0.2, 0) is 4.74 Å². The van der Waals surface area contributed by atoms with Crippen LogP contribution in [0.15, 0.2) is 22.7 Å². The summed E-state index contributed by atoms with van der Waals surface area (Å²) in [7, 11) is 0. The molecule has 3 nitrogen and oxygen atoms in total. The molecule has 4 heteroatoms. The Hall–Kier alpha value is -0.740. The number of rotatable bonds is 0. The summed E-state index contributed by atoms with van der Waals surface area (Å²) in [6, 6.07) is 6.10. The average Bonchev–Trinajstić information content (AvgIpc) is 2.29. The summed E-state index contributed by atoms with van der Waals surface area (Å²) in [5, 5.41) is 3.45. The highest BCUT2D eigenvalue weighted by molar-refractivity contribution is 9.10. The highest BCUT2D eigenvalue weighted by Crippen LogP contribution is 2.38. The van der Waals surface area contributed by atoms with Gasteiger partial charge in [-0.15, -0.1) is 0 Å². The molecule has 1 spiro atoms. The van der Waals surface area contributed by atoms with E-state index in [4.69, 9.17) is 9.47 Å². The lowest BCUT2D eigenvalue weighted by molar-refractivity contribution is -0.0408. The Morgan fingerprint density at radius 2 is 2.06 bits per heavy atom. The van der Waals surface area contributed by atoms with Crippen molar-refractivity contribution in [2.75, 3.05) is 25.1 Å². The van der Waals surface area contributed by atoms with Gasteiger partial charge in [-0.2, -0.15) is 0 Å². The summed E-state index contributed by atoms with van der Waals surface area (Å²) in [4.78, 5) is 0. The highest BCUT2D eigenvalue weighted by Gasteiger charge is 2.38. The molecule has 0 unspecified atom stereocenters. The second-order valence-corrected chi connectivity index (χ2v) is 5.31. The molecule has 0 aromatic heterocycles. The van der Waals surface area contributed by atoms with Crippen LogP contribution >= 0.6 is 15.9 Å². The Labute approximate surface area is 103 Å². The maximum Gasteiger partial charge on any atom is 0.144 e. The zero-order valence-electron chi connectivity index (χ0n) is 8.96. The highest BCUT2D eigenvalue weighted by atomic mass is 79.9. The molecule has 0 bridgehead atoms. The number of nitrogens with one attached hydrogen (secondary N) is 1. The minimum absolute atomic E-state index is 0.0634. The third-order valence-electron chi connectivity index (χ3n) is 3.28. The number of hydrogen-bond acceptors (Lipinski definition) is 3. The number of anilines is 1. The van der Waals surface area contributed by atoms with Gasteiger partial charge in [0.15, 0.2) is 0 Å². The lowest BCUT2D eigenvalue weighted by Gasteiger charge is -2.41. The number of hydrogen-bond donors (Lipinski definition) is 1. The molecular weight excluding hydrogens is 270 g/mol. The molecule has 1 aromatic rings. The molecule has 16 heavy (non-hydrogen) atoms. The number of ether oxygens (including phenoxy) is 2. The van der Waals surface area contributed by atoms with Crippen molar-refractivity contribution < 1.29 is 9.47 Å². The molecule has 2 aliphatic rings. The maximum atomic E-state index is 6.17. The molecule has 1 N–H and O–H groups in total. The van der Waals surface area contributed by atoms with E-state index in [1.54, 1.807) is 0 Å². The first-order valence-corrected chi connectivity index (χ1v) is 6.37. The van der Waals surface area contributed by atoms with Gasteiger partial charge in [-0.3, -0.25) is 0 Å². The average molecular weight is 284 g/mol. The summed E-state index contributed by atoms with van der Waals surface area (Å²) in [6.45, 7) is 2.47. The van der Waals surface area contributed by atoms with Gasteiger partial charge in [0.2, 0.25) is 0 Å². The summed E-state index contributed by atoms with van der Waals surface area (Å²) in [5.74, 6) is 0.947. The molecular formula is C12H14BrNO2. The predicted octanol–water partition coefficient (Wildman–Crippen LogP) is 2.80. The monoisotopic (exact) mass is 283 g/mol. The van der Waals surface area contributed by atoms with E-state index in [9.17, 15) is 0 Å². The van der Waals surface area contributed by atoms with Crippen LogP contribution < -0.4 is 10.1 Å². The molecule has 1 fully saturated rings. The van der Waals surface area contributed by atoms with Crippen LogP contribution in [0.3, 0.4) is 0 Å². The zero-order chi connectivity index (χ0) is 11.0. The van der Waals surface area contributed by atoms with Crippen LogP contribution in [-0.4, -0.2) is 25.4 Å². The van der Waals surface area contributed by atoms with Gasteiger partial charge in [-0.05, 0) is 18.2 Å². The first-order valence-electron chi connectivity index (χ1n) is 5.58. The van der Waals surface area contributed by atoms with Crippen LogP contribution in [0.25, 0.3) is 0 Å². The zero-order valence-corrected chi connectivity index (χ0v) is 10.5. The first-order chi connectivity index (χ1) is 7.77. The maximum absolute atomic E-state index is 6.17. The third kappa shape index (κ3) is 1.80. The van der Waals surface area contributed by atoms with Gasteiger partial charge in [0.1, 0.15) is 11.4 Å². The van der Waals surface area contributed by atoms with Crippen molar-refractivity contribution >= 4 is 21.6 Å². The summed E-state index contributed by atoms with van der Waals surface area (Å²) >= 11 is 3.47. The van der Waals surface area contributed by atoms with Gasteiger partial charge in [-0.1, -0.05) is 15.9 Å². The molecule has 0 amide bonds. The predicted molar refractivity (Wildman–Crippen MR) is 66.0 cm³/mol. The Bertz CT molecular complexity index is 402. The van der Waals surface area contributed by atoms with Gasteiger partial charge < -0.3 is 14.8 Å². The molecule has 1 aromatic carbocycles. The summed E-state index contributed by atoms with van der Waals surface area (Å²) in [6.07, 6.45) is 1.93. The second kappa shape index (κ2) is 3.93. The topological polar surface area (TPSA) is 30.5 Å². The smallest absolute Gasteiger partial charge is 0.144 e. The molecule has 0 radical (unpaired) electrons. The van der Waals surface area contributed by atoms with Crippen LogP contribution in [0.5, 0.6) is 5.75 Å². The van der Waals surface area contributed by atoms with Crippen molar-refractivity contribution in [2.24, 2.45) is 0 Å². The Morgan fingerprint density at radius 3 is 2.88 bits per heavy atom. The molecule has 0 saturated carbocycles. The summed E-state index contributed by atoms with van der Waals surface area (Å²) < 4.78 is 12.6. The van der Waals surface area contributed by atoms with Gasteiger partial charge in [-0.25, -0.2) is 0 Å². The van der Waals surface area contributed by atoms with Crippen LogP contribution in [0.4, 0.5) is 5.69 Å². The lowest BCUT2D eigenvalue weighted by atomic mass is 9.92. The molecule has 3 rings (SSSR count). The van der Waals surface area contributed by atoms with Crippen molar-refractivity contribution in [1.82, 2.24) is 0 Å². The largest absolute Gasteiger partial charge is 0.483 e. The second-order valence-electron chi connectivity index (χ2n) is 4.39. The van der Waals surface area contributed by atoms with Gasteiger partial charge >= 0.3 is 0 Å². The molecule has 2 aliphatic heterocycles.